The summed E-state index contributed by atoms with van der Waals surface area (Å²) in [4.78, 5) is 23.0. The number of carbonyl (C=O) groups is 1. The molecule has 1 aromatic rings. The van der Waals surface area contributed by atoms with Crippen LogP contribution in [0, 0.1) is 5.92 Å². The summed E-state index contributed by atoms with van der Waals surface area (Å²) in [5, 5.41) is 0. The van der Waals surface area contributed by atoms with E-state index in [4.69, 9.17) is 4.74 Å². The molecule has 0 aromatic carbocycles. The summed E-state index contributed by atoms with van der Waals surface area (Å²) in [6, 6.07) is 0.392. The molecule has 5 nitrogen and oxygen atoms in total. The minimum atomic E-state index is -0.0225. The molecule has 0 N–H and O–H groups in total. The second kappa shape index (κ2) is 6.41. The van der Waals surface area contributed by atoms with Crippen molar-refractivity contribution in [1.29, 1.82) is 0 Å². The summed E-state index contributed by atoms with van der Waals surface area (Å²) in [6.45, 7) is 0.843. The number of hydrogen-bond donors (Lipinski definition) is 0. The molecule has 2 heterocycles. The SMILES string of the molecule is COc1cnc(C(=O)N2CCCC2C2CCCCC2)nc1. The molecule has 1 amide bonds. The van der Waals surface area contributed by atoms with E-state index in [2.05, 4.69) is 9.97 Å². The molecule has 2 fully saturated rings. The van der Waals surface area contributed by atoms with Crippen LogP contribution in [-0.2, 0) is 0 Å². The normalized spacial score (nSPS) is 23.3. The van der Waals surface area contributed by atoms with Gasteiger partial charge in [0.1, 0.15) is 0 Å². The molecule has 3 rings (SSSR count). The Kier molecular flexibility index (Phi) is 4.36. The van der Waals surface area contributed by atoms with Gasteiger partial charge in [0.2, 0.25) is 5.82 Å². The average Bonchev–Trinajstić information content (AvgIpc) is 3.04. The average molecular weight is 289 g/mol. The minimum absolute atomic E-state index is 0.0225. The molecule has 1 aliphatic carbocycles. The fraction of sp³-hybridized carbons (Fsp3) is 0.688. The van der Waals surface area contributed by atoms with Gasteiger partial charge in [0.15, 0.2) is 5.75 Å². The highest BCUT2D eigenvalue weighted by Crippen LogP contribution is 2.34. The number of carbonyl (C=O) groups excluding carboxylic acids is 1. The van der Waals surface area contributed by atoms with Crippen molar-refractivity contribution in [2.45, 2.75) is 51.0 Å². The highest BCUT2D eigenvalue weighted by atomic mass is 16.5. The first-order valence-corrected chi connectivity index (χ1v) is 7.96. The van der Waals surface area contributed by atoms with Gasteiger partial charge in [0.25, 0.3) is 5.91 Å². The quantitative estimate of drug-likeness (QED) is 0.858. The Morgan fingerprint density at radius 3 is 2.52 bits per heavy atom. The Hall–Kier alpha value is -1.65. The maximum Gasteiger partial charge on any atom is 0.291 e. The molecule has 0 radical (unpaired) electrons. The molecule has 0 spiro atoms. The number of aromatic nitrogens is 2. The van der Waals surface area contributed by atoms with Gasteiger partial charge in [-0.05, 0) is 31.6 Å². The molecule has 1 saturated carbocycles. The molecule has 1 unspecified atom stereocenters. The molecular weight excluding hydrogens is 266 g/mol. The summed E-state index contributed by atoms with van der Waals surface area (Å²) in [6.07, 6.45) is 11.8. The maximum atomic E-state index is 12.7. The molecule has 1 aliphatic heterocycles. The molecule has 21 heavy (non-hydrogen) atoms. The summed E-state index contributed by atoms with van der Waals surface area (Å²) in [5.74, 6) is 1.52. The fourth-order valence-corrected chi connectivity index (χ4v) is 3.71. The molecule has 1 atom stereocenters. The molecule has 1 saturated heterocycles. The van der Waals surface area contributed by atoms with Gasteiger partial charge in [0, 0.05) is 12.6 Å². The lowest BCUT2D eigenvalue weighted by Gasteiger charge is -2.33. The monoisotopic (exact) mass is 289 g/mol. The van der Waals surface area contributed by atoms with Gasteiger partial charge in [-0.2, -0.15) is 0 Å². The van der Waals surface area contributed by atoms with Crippen LogP contribution in [0.3, 0.4) is 0 Å². The molecular formula is C16H23N3O2. The van der Waals surface area contributed by atoms with Crippen molar-refractivity contribution in [3.8, 4) is 5.75 Å². The largest absolute Gasteiger partial charge is 0.494 e. The number of hydrogen-bond acceptors (Lipinski definition) is 4. The van der Waals surface area contributed by atoms with E-state index in [0.717, 1.165) is 19.4 Å². The standard InChI is InChI=1S/C16H23N3O2/c1-21-13-10-17-15(18-11-13)16(20)19-9-5-8-14(19)12-6-3-2-4-7-12/h10-12,14H,2-9H2,1H3. The Morgan fingerprint density at radius 2 is 1.86 bits per heavy atom. The van der Waals surface area contributed by atoms with Gasteiger partial charge in [0.05, 0.1) is 19.5 Å². The Morgan fingerprint density at radius 1 is 1.14 bits per heavy atom. The van der Waals surface area contributed by atoms with Crippen LogP contribution in [0.1, 0.15) is 55.6 Å². The van der Waals surface area contributed by atoms with Crippen LogP contribution in [0.4, 0.5) is 0 Å². The maximum absolute atomic E-state index is 12.7. The fourth-order valence-electron chi connectivity index (χ4n) is 3.71. The predicted molar refractivity (Wildman–Crippen MR) is 79.2 cm³/mol. The number of amides is 1. The van der Waals surface area contributed by atoms with Crippen LogP contribution in [0.15, 0.2) is 12.4 Å². The number of nitrogens with zero attached hydrogens (tertiary/aromatic N) is 3. The van der Waals surface area contributed by atoms with Crippen molar-refractivity contribution in [3.05, 3.63) is 18.2 Å². The number of ether oxygens (including phenoxy) is 1. The summed E-state index contributed by atoms with van der Waals surface area (Å²) in [7, 11) is 1.57. The topological polar surface area (TPSA) is 55.3 Å². The van der Waals surface area contributed by atoms with Crippen LogP contribution in [0.2, 0.25) is 0 Å². The van der Waals surface area contributed by atoms with Crippen molar-refractivity contribution in [3.63, 3.8) is 0 Å². The summed E-state index contributed by atoms with van der Waals surface area (Å²) >= 11 is 0. The third-order valence-corrected chi connectivity index (χ3v) is 4.81. The van der Waals surface area contributed by atoms with Gasteiger partial charge < -0.3 is 9.64 Å². The van der Waals surface area contributed by atoms with Crippen LogP contribution < -0.4 is 4.74 Å². The van der Waals surface area contributed by atoms with E-state index in [1.165, 1.54) is 32.1 Å². The van der Waals surface area contributed by atoms with E-state index in [9.17, 15) is 4.79 Å². The number of methoxy groups -OCH3 is 1. The zero-order valence-corrected chi connectivity index (χ0v) is 12.6. The first-order valence-electron chi connectivity index (χ1n) is 7.96. The summed E-state index contributed by atoms with van der Waals surface area (Å²) in [5.41, 5.74) is 0. The van der Waals surface area contributed by atoms with Gasteiger partial charge in [-0.15, -0.1) is 0 Å². The van der Waals surface area contributed by atoms with Crippen molar-refractivity contribution >= 4 is 5.91 Å². The van der Waals surface area contributed by atoms with Gasteiger partial charge >= 0.3 is 0 Å². The Labute approximate surface area is 125 Å². The van der Waals surface area contributed by atoms with Crippen molar-refractivity contribution in [2.75, 3.05) is 13.7 Å². The van der Waals surface area contributed by atoms with Crippen molar-refractivity contribution < 1.29 is 9.53 Å². The molecule has 2 aliphatic rings. The third kappa shape index (κ3) is 3.01. The van der Waals surface area contributed by atoms with Crippen LogP contribution in [0.25, 0.3) is 0 Å². The molecule has 5 heteroatoms. The van der Waals surface area contributed by atoms with Gasteiger partial charge in [-0.1, -0.05) is 19.3 Å². The van der Waals surface area contributed by atoms with E-state index in [-0.39, 0.29) is 5.91 Å². The van der Waals surface area contributed by atoms with E-state index < -0.39 is 0 Å². The Balaban J connectivity index is 1.72. The second-order valence-corrected chi connectivity index (χ2v) is 6.05. The number of rotatable bonds is 3. The molecule has 0 bridgehead atoms. The lowest BCUT2D eigenvalue weighted by molar-refractivity contribution is 0.0649. The van der Waals surface area contributed by atoms with Crippen LogP contribution in [0.5, 0.6) is 5.75 Å². The zero-order chi connectivity index (χ0) is 14.7. The molecule has 114 valence electrons. The van der Waals surface area contributed by atoms with E-state index in [1.54, 1.807) is 19.5 Å². The van der Waals surface area contributed by atoms with Crippen molar-refractivity contribution in [2.24, 2.45) is 5.92 Å². The van der Waals surface area contributed by atoms with Gasteiger partial charge in [-0.3, -0.25) is 4.79 Å². The second-order valence-electron chi connectivity index (χ2n) is 6.05. The minimum Gasteiger partial charge on any atom is -0.494 e. The first kappa shape index (κ1) is 14.3. The zero-order valence-electron chi connectivity index (χ0n) is 12.6. The summed E-state index contributed by atoms with van der Waals surface area (Å²) < 4.78 is 5.04. The smallest absolute Gasteiger partial charge is 0.291 e. The first-order chi connectivity index (χ1) is 10.3. The highest BCUT2D eigenvalue weighted by Gasteiger charge is 2.36. The third-order valence-electron chi connectivity index (χ3n) is 4.81. The highest BCUT2D eigenvalue weighted by molar-refractivity contribution is 5.90. The van der Waals surface area contributed by atoms with Crippen LogP contribution >= 0.6 is 0 Å². The van der Waals surface area contributed by atoms with E-state index in [1.807, 2.05) is 4.90 Å². The lowest BCUT2D eigenvalue weighted by Crippen LogP contribution is -2.41. The van der Waals surface area contributed by atoms with E-state index >= 15 is 0 Å². The number of likely N-dealkylation sites (tertiary alicyclic amines) is 1. The molecule has 1 aromatic heterocycles. The lowest BCUT2D eigenvalue weighted by atomic mass is 9.83. The van der Waals surface area contributed by atoms with Crippen LogP contribution in [-0.4, -0.2) is 40.5 Å². The Bertz CT molecular complexity index is 483. The van der Waals surface area contributed by atoms with E-state index in [0.29, 0.717) is 23.5 Å². The predicted octanol–water partition coefficient (Wildman–Crippen LogP) is 2.67. The van der Waals surface area contributed by atoms with Gasteiger partial charge in [-0.25, -0.2) is 9.97 Å². The van der Waals surface area contributed by atoms with Crippen molar-refractivity contribution in [1.82, 2.24) is 14.9 Å².